The van der Waals surface area contributed by atoms with Crippen LogP contribution in [0.5, 0.6) is 0 Å². The molecule has 0 radical (unpaired) electrons. The van der Waals surface area contributed by atoms with Gasteiger partial charge in [0.15, 0.2) is 0 Å². The van der Waals surface area contributed by atoms with Gasteiger partial charge in [-0.05, 0) is 37.5 Å². The Bertz CT molecular complexity index is 216. The Balaban J connectivity index is 2.21. The van der Waals surface area contributed by atoms with E-state index in [4.69, 9.17) is 12.2 Å². The molecule has 0 atom stereocenters. The van der Waals surface area contributed by atoms with Gasteiger partial charge in [0.2, 0.25) is 0 Å². The van der Waals surface area contributed by atoms with Gasteiger partial charge in [-0.3, -0.25) is 4.79 Å². The highest BCUT2D eigenvalue weighted by molar-refractivity contribution is 7.80. The summed E-state index contributed by atoms with van der Waals surface area (Å²) in [6.45, 7) is 4.05. The minimum atomic E-state index is 0.0371. The maximum Gasteiger partial charge on any atom is 0.138 e. The van der Waals surface area contributed by atoms with E-state index in [2.05, 4.69) is 6.92 Å². The lowest BCUT2D eigenvalue weighted by Gasteiger charge is -2.36. The third kappa shape index (κ3) is 2.87. The maximum atomic E-state index is 11.7. The van der Waals surface area contributed by atoms with Crippen molar-refractivity contribution in [2.24, 2.45) is 5.41 Å². The van der Waals surface area contributed by atoms with Gasteiger partial charge >= 0.3 is 0 Å². The third-order valence-electron chi connectivity index (χ3n) is 3.06. The Hall–Kier alpha value is -0.240. The van der Waals surface area contributed by atoms with E-state index in [1.807, 2.05) is 6.92 Å². The van der Waals surface area contributed by atoms with Gasteiger partial charge in [0.25, 0.3) is 0 Å². The van der Waals surface area contributed by atoms with Gasteiger partial charge in [-0.2, -0.15) is 0 Å². The number of carbonyl (C=O) groups is 1. The van der Waals surface area contributed by atoms with Gasteiger partial charge in [0.05, 0.1) is 0 Å². The van der Waals surface area contributed by atoms with Crippen LogP contribution in [0, 0.1) is 5.41 Å². The van der Waals surface area contributed by atoms with Crippen LogP contribution in [0.1, 0.15) is 52.4 Å². The first-order valence-electron chi connectivity index (χ1n) is 5.07. The van der Waals surface area contributed by atoms with Crippen LogP contribution in [0.15, 0.2) is 0 Å². The van der Waals surface area contributed by atoms with Crippen molar-refractivity contribution >= 4 is 22.9 Å². The van der Waals surface area contributed by atoms with Crippen molar-refractivity contribution in [3.63, 3.8) is 0 Å². The van der Waals surface area contributed by atoms with Crippen molar-refractivity contribution in [2.75, 3.05) is 0 Å². The second-order valence-corrected chi connectivity index (χ2v) is 5.09. The average molecular weight is 198 g/mol. The fourth-order valence-electron chi connectivity index (χ4n) is 1.79. The van der Waals surface area contributed by atoms with Crippen LogP contribution in [0.4, 0.5) is 0 Å². The van der Waals surface area contributed by atoms with Crippen LogP contribution in [-0.4, -0.2) is 10.6 Å². The molecule has 1 aliphatic rings. The molecule has 0 amide bonds. The zero-order chi connectivity index (χ0) is 9.90. The Morgan fingerprint density at radius 3 is 2.38 bits per heavy atom. The Morgan fingerprint density at radius 2 is 2.00 bits per heavy atom. The summed E-state index contributed by atoms with van der Waals surface area (Å²) in [5, 5.41) is 0. The van der Waals surface area contributed by atoms with E-state index in [9.17, 15) is 4.79 Å². The monoisotopic (exact) mass is 198 g/mol. The van der Waals surface area contributed by atoms with Gasteiger partial charge in [-0.15, -0.1) is 0 Å². The Labute approximate surface area is 85.9 Å². The van der Waals surface area contributed by atoms with Gasteiger partial charge in [0, 0.05) is 11.8 Å². The predicted octanol–water partition coefficient (Wildman–Crippen LogP) is 3.31. The second kappa shape index (κ2) is 4.32. The highest BCUT2D eigenvalue weighted by Gasteiger charge is 2.37. The molecule has 0 aromatic carbocycles. The van der Waals surface area contributed by atoms with E-state index >= 15 is 0 Å². The molecule has 0 aromatic heterocycles. The number of hydrogen-bond acceptors (Lipinski definition) is 2. The molecule has 74 valence electrons. The number of rotatable bonds is 5. The first-order valence-corrected chi connectivity index (χ1v) is 5.48. The molecule has 0 spiro atoms. The summed E-state index contributed by atoms with van der Waals surface area (Å²) >= 11 is 4.97. The van der Waals surface area contributed by atoms with Crippen LogP contribution in [0.2, 0.25) is 0 Å². The third-order valence-corrected chi connectivity index (χ3v) is 3.27. The first kappa shape index (κ1) is 10.8. The molecule has 0 bridgehead atoms. The Kier molecular flexibility index (Phi) is 3.60. The fraction of sp³-hybridized carbons (Fsp3) is 0.818. The van der Waals surface area contributed by atoms with Crippen molar-refractivity contribution in [1.82, 2.24) is 0 Å². The van der Waals surface area contributed by atoms with E-state index < -0.39 is 0 Å². The number of ketones is 1. The summed E-state index contributed by atoms with van der Waals surface area (Å²) in [7, 11) is 0. The van der Waals surface area contributed by atoms with Crippen LogP contribution in [0.3, 0.4) is 0 Å². The summed E-state index contributed by atoms with van der Waals surface area (Å²) in [5.74, 6) is 0.454. The van der Waals surface area contributed by atoms with Crippen LogP contribution >= 0.6 is 12.2 Å². The summed E-state index contributed by atoms with van der Waals surface area (Å²) in [4.78, 5) is 12.7. The first-order chi connectivity index (χ1) is 6.04. The van der Waals surface area contributed by atoms with E-state index in [1.165, 1.54) is 6.42 Å². The van der Waals surface area contributed by atoms with Crippen LogP contribution < -0.4 is 0 Å². The van der Waals surface area contributed by atoms with E-state index in [0.29, 0.717) is 5.78 Å². The molecule has 0 heterocycles. The van der Waals surface area contributed by atoms with E-state index in [-0.39, 0.29) is 5.41 Å². The highest BCUT2D eigenvalue weighted by Crippen LogP contribution is 2.42. The standard InChI is InChI=1S/C11H18OS/c1-9(13)5-3-6-10(12)11(2)7-4-8-11/h3-8H2,1-2H3. The van der Waals surface area contributed by atoms with Gasteiger partial charge in [-0.1, -0.05) is 25.6 Å². The van der Waals surface area contributed by atoms with Crippen molar-refractivity contribution in [1.29, 1.82) is 0 Å². The predicted molar refractivity (Wildman–Crippen MR) is 59.1 cm³/mol. The molecule has 0 aromatic rings. The lowest BCUT2D eigenvalue weighted by atomic mass is 9.66. The second-order valence-electron chi connectivity index (χ2n) is 4.39. The molecule has 0 saturated heterocycles. The average Bonchev–Trinajstić information content (AvgIpc) is 1.99. The fourth-order valence-corrected chi connectivity index (χ4v) is 1.93. The summed E-state index contributed by atoms with van der Waals surface area (Å²) in [5.41, 5.74) is 0.0371. The molecule has 1 aliphatic carbocycles. The Morgan fingerprint density at radius 1 is 1.38 bits per heavy atom. The lowest BCUT2D eigenvalue weighted by molar-refractivity contribution is -0.132. The SMILES string of the molecule is CC(=S)CCCC(=O)C1(C)CCC1. The van der Waals surface area contributed by atoms with E-state index in [1.54, 1.807) is 0 Å². The van der Waals surface area contributed by atoms with Crippen molar-refractivity contribution in [2.45, 2.75) is 52.4 Å². The summed E-state index contributed by atoms with van der Waals surface area (Å²) < 4.78 is 0. The molecule has 0 unspecified atom stereocenters. The number of carbonyl (C=O) groups excluding carboxylic acids is 1. The molecule has 1 saturated carbocycles. The summed E-state index contributed by atoms with van der Waals surface area (Å²) in [6, 6.07) is 0. The number of Topliss-reactive ketones (excluding diaryl/α,β-unsaturated/α-hetero) is 1. The zero-order valence-corrected chi connectivity index (χ0v) is 9.38. The molecular weight excluding hydrogens is 180 g/mol. The quantitative estimate of drug-likeness (QED) is 0.630. The molecule has 1 fully saturated rings. The lowest BCUT2D eigenvalue weighted by Crippen LogP contribution is -2.34. The van der Waals surface area contributed by atoms with Gasteiger partial charge < -0.3 is 0 Å². The minimum Gasteiger partial charge on any atom is -0.299 e. The molecule has 1 nitrogen and oxygen atoms in total. The molecule has 0 aliphatic heterocycles. The van der Waals surface area contributed by atoms with Gasteiger partial charge in [-0.25, -0.2) is 0 Å². The number of hydrogen-bond donors (Lipinski definition) is 0. The normalized spacial score (nSPS) is 19.2. The molecular formula is C11H18OS. The highest BCUT2D eigenvalue weighted by atomic mass is 32.1. The van der Waals surface area contributed by atoms with Crippen molar-refractivity contribution < 1.29 is 4.79 Å². The summed E-state index contributed by atoms with van der Waals surface area (Å²) in [6.07, 6.45) is 6.03. The molecule has 13 heavy (non-hydrogen) atoms. The van der Waals surface area contributed by atoms with Gasteiger partial charge in [0.1, 0.15) is 5.78 Å². The topological polar surface area (TPSA) is 17.1 Å². The van der Waals surface area contributed by atoms with Crippen LogP contribution in [-0.2, 0) is 4.79 Å². The van der Waals surface area contributed by atoms with E-state index in [0.717, 1.165) is 37.0 Å². The number of thiocarbonyl (C=S) groups is 1. The van der Waals surface area contributed by atoms with Crippen LogP contribution in [0.25, 0.3) is 0 Å². The largest absolute Gasteiger partial charge is 0.299 e. The smallest absolute Gasteiger partial charge is 0.138 e. The van der Waals surface area contributed by atoms with Crippen molar-refractivity contribution in [3.05, 3.63) is 0 Å². The maximum absolute atomic E-state index is 11.7. The van der Waals surface area contributed by atoms with Crippen molar-refractivity contribution in [3.8, 4) is 0 Å². The zero-order valence-electron chi connectivity index (χ0n) is 8.56. The minimum absolute atomic E-state index is 0.0371. The molecule has 0 N–H and O–H groups in total. The molecule has 2 heteroatoms. The molecule has 1 rings (SSSR count).